The lowest BCUT2D eigenvalue weighted by Gasteiger charge is -2.23. The number of nitrogens with zero attached hydrogens (tertiary/aromatic N) is 2. The molecule has 0 amide bonds. The van der Waals surface area contributed by atoms with Crippen LogP contribution < -0.4 is 5.32 Å². The van der Waals surface area contributed by atoms with E-state index in [1.807, 2.05) is 6.92 Å². The monoisotopic (exact) mass is 271 g/mol. The summed E-state index contributed by atoms with van der Waals surface area (Å²) in [6.45, 7) is 7.24. The van der Waals surface area contributed by atoms with Crippen molar-refractivity contribution in [1.29, 1.82) is 0 Å². The van der Waals surface area contributed by atoms with E-state index in [2.05, 4.69) is 29.2 Å². The highest BCUT2D eigenvalue weighted by molar-refractivity contribution is 5.75. The Kier molecular flexibility index (Phi) is 7.34. The molecule has 0 bridgehead atoms. The molecule has 0 radical (unpaired) electrons. The second-order valence-electron chi connectivity index (χ2n) is 5.60. The zero-order chi connectivity index (χ0) is 14.3. The zero-order valence-corrected chi connectivity index (χ0v) is 12.8. The Bertz CT molecular complexity index is 273. The molecule has 2 unspecified atom stereocenters. The first-order chi connectivity index (χ1) is 9.06. The summed E-state index contributed by atoms with van der Waals surface area (Å²) >= 11 is 0. The van der Waals surface area contributed by atoms with E-state index in [1.165, 1.54) is 26.6 Å². The van der Waals surface area contributed by atoms with Gasteiger partial charge in [-0.2, -0.15) is 0 Å². The van der Waals surface area contributed by atoms with Crippen molar-refractivity contribution in [2.24, 2.45) is 5.92 Å². The maximum Gasteiger partial charge on any atom is 0.322 e. The van der Waals surface area contributed by atoms with Crippen molar-refractivity contribution in [3.8, 4) is 0 Å². The molecule has 112 valence electrons. The quantitative estimate of drug-likeness (QED) is 0.648. The minimum atomic E-state index is -0.177. The van der Waals surface area contributed by atoms with E-state index >= 15 is 0 Å². The van der Waals surface area contributed by atoms with Gasteiger partial charge in [-0.25, -0.2) is 0 Å². The van der Waals surface area contributed by atoms with E-state index in [-0.39, 0.29) is 12.0 Å². The maximum absolute atomic E-state index is 11.6. The third-order valence-corrected chi connectivity index (χ3v) is 3.79. The van der Waals surface area contributed by atoms with E-state index in [0.717, 1.165) is 32.0 Å². The van der Waals surface area contributed by atoms with E-state index in [0.29, 0.717) is 0 Å². The summed E-state index contributed by atoms with van der Waals surface area (Å²) in [6.07, 6.45) is 2.09. The second kappa shape index (κ2) is 8.51. The number of hydrogen-bond donors (Lipinski definition) is 1. The van der Waals surface area contributed by atoms with Crippen LogP contribution in [0.4, 0.5) is 0 Å². The molecule has 5 nitrogen and oxygen atoms in total. The third-order valence-electron chi connectivity index (χ3n) is 3.79. The number of likely N-dealkylation sites (tertiary alicyclic amines) is 1. The lowest BCUT2D eigenvalue weighted by Crippen LogP contribution is -2.40. The number of nitrogens with one attached hydrogen (secondary N) is 1. The molecule has 1 saturated heterocycles. The van der Waals surface area contributed by atoms with Gasteiger partial charge in [-0.3, -0.25) is 4.79 Å². The van der Waals surface area contributed by atoms with Crippen LogP contribution in [-0.4, -0.2) is 75.7 Å². The van der Waals surface area contributed by atoms with Gasteiger partial charge in [0.2, 0.25) is 0 Å². The Labute approximate surface area is 117 Å². The summed E-state index contributed by atoms with van der Waals surface area (Å²) in [6, 6.07) is -0.177. The van der Waals surface area contributed by atoms with Crippen molar-refractivity contribution in [2.75, 3.05) is 53.9 Å². The lowest BCUT2D eigenvalue weighted by atomic mass is 10.1. The van der Waals surface area contributed by atoms with Gasteiger partial charge in [-0.1, -0.05) is 6.92 Å². The lowest BCUT2D eigenvalue weighted by molar-refractivity contribution is -0.143. The van der Waals surface area contributed by atoms with E-state index < -0.39 is 0 Å². The van der Waals surface area contributed by atoms with Crippen molar-refractivity contribution in [2.45, 2.75) is 25.8 Å². The molecule has 0 aromatic rings. The molecule has 0 aromatic heterocycles. The fourth-order valence-corrected chi connectivity index (χ4v) is 2.75. The summed E-state index contributed by atoms with van der Waals surface area (Å²) in [4.78, 5) is 16.3. The Hall–Kier alpha value is -0.650. The van der Waals surface area contributed by atoms with Gasteiger partial charge in [0.15, 0.2) is 0 Å². The van der Waals surface area contributed by atoms with Gasteiger partial charge < -0.3 is 19.9 Å². The van der Waals surface area contributed by atoms with Crippen LogP contribution in [-0.2, 0) is 9.53 Å². The van der Waals surface area contributed by atoms with E-state index in [4.69, 9.17) is 4.74 Å². The summed E-state index contributed by atoms with van der Waals surface area (Å²) in [7, 11) is 5.77. The second-order valence-corrected chi connectivity index (χ2v) is 5.60. The van der Waals surface area contributed by atoms with Crippen LogP contribution in [0.1, 0.15) is 19.8 Å². The Morgan fingerprint density at radius 2 is 2.32 bits per heavy atom. The number of esters is 1. The normalized spacial score (nSPS) is 21.8. The van der Waals surface area contributed by atoms with Gasteiger partial charge in [0, 0.05) is 13.1 Å². The van der Waals surface area contributed by atoms with Crippen LogP contribution >= 0.6 is 0 Å². The van der Waals surface area contributed by atoms with Crippen molar-refractivity contribution < 1.29 is 9.53 Å². The first-order valence-corrected chi connectivity index (χ1v) is 7.25. The van der Waals surface area contributed by atoms with Gasteiger partial charge in [-0.15, -0.1) is 0 Å². The van der Waals surface area contributed by atoms with Crippen LogP contribution in [0.3, 0.4) is 0 Å². The molecule has 5 heteroatoms. The molecule has 0 aliphatic carbocycles. The Balaban J connectivity index is 2.26. The third kappa shape index (κ3) is 5.89. The maximum atomic E-state index is 11.6. The largest absolute Gasteiger partial charge is 0.468 e. The van der Waals surface area contributed by atoms with Crippen molar-refractivity contribution >= 4 is 5.97 Å². The van der Waals surface area contributed by atoms with Crippen molar-refractivity contribution in [3.05, 3.63) is 0 Å². The van der Waals surface area contributed by atoms with Gasteiger partial charge in [0.05, 0.1) is 7.11 Å². The number of carbonyl (C=O) groups excluding carboxylic acids is 1. The van der Waals surface area contributed by atoms with Crippen LogP contribution in [0, 0.1) is 5.92 Å². The average molecular weight is 271 g/mol. The molecular formula is C14H29N3O2. The average Bonchev–Trinajstić information content (AvgIpc) is 2.79. The van der Waals surface area contributed by atoms with Gasteiger partial charge in [0.25, 0.3) is 0 Å². The summed E-state index contributed by atoms with van der Waals surface area (Å²) in [5, 5.41) is 3.18. The number of rotatable bonds is 8. The van der Waals surface area contributed by atoms with Crippen LogP contribution in [0.15, 0.2) is 0 Å². The Morgan fingerprint density at radius 3 is 2.84 bits per heavy atom. The van der Waals surface area contributed by atoms with E-state index in [9.17, 15) is 4.79 Å². The van der Waals surface area contributed by atoms with Crippen LogP contribution in [0.5, 0.6) is 0 Å². The highest BCUT2D eigenvalue weighted by Gasteiger charge is 2.22. The molecule has 2 atom stereocenters. The summed E-state index contributed by atoms with van der Waals surface area (Å²) in [5.41, 5.74) is 0. The van der Waals surface area contributed by atoms with Gasteiger partial charge in [-0.05, 0) is 52.5 Å². The minimum absolute atomic E-state index is 0.157. The first kappa shape index (κ1) is 16.4. The molecule has 1 aliphatic heterocycles. The molecule has 19 heavy (non-hydrogen) atoms. The molecular weight excluding hydrogens is 242 g/mol. The van der Waals surface area contributed by atoms with Gasteiger partial charge >= 0.3 is 5.97 Å². The standard InChI is InChI=1S/C14H29N3O2/c1-5-15-13(14(18)19-4)7-9-17(3)11-12-6-8-16(2)10-12/h12-13,15H,5-11H2,1-4H3. The van der Waals surface area contributed by atoms with Crippen molar-refractivity contribution in [1.82, 2.24) is 15.1 Å². The molecule has 0 spiro atoms. The highest BCUT2D eigenvalue weighted by atomic mass is 16.5. The van der Waals surface area contributed by atoms with Crippen molar-refractivity contribution in [3.63, 3.8) is 0 Å². The predicted octanol–water partition coefficient (Wildman–Crippen LogP) is 0.411. The first-order valence-electron chi connectivity index (χ1n) is 7.25. The molecule has 1 heterocycles. The molecule has 0 saturated carbocycles. The van der Waals surface area contributed by atoms with Gasteiger partial charge in [0.1, 0.15) is 6.04 Å². The van der Waals surface area contributed by atoms with Crippen LogP contribution in [0.25, 0.3) is 0 Å². The number of hydrogen-bond acceptors (Lipinski definition) is 5. The topological polar surface area (TPSA) is 44.8 Å². The number of likely N-dealkylation sites (N-methyl/N-ethyl adjacent to an activating group) is 1. The number of methoxy groups -OCH3 is 1. The molecule has 0 aromatic carbocycles. The molecule has 1 fully saturated rings. The Morgan fingerprint density at radius 1 is 1.58 bits per heavy atom. The predicted molar refractivity (Wildman–Crippen MR) is 77.2 cm³/mol. The summed E-state index contributed by atoms with van der Waals surface area (Å²) in [5.74, 6) is 0.613. The van der Waals surface area contributed by atoms with E-state index in [1.54, 1.807) is 0 Å². The fourth-order valence-electron chi connectivity index (χ4n) is 2.75. The molecule has 1 rings (SSSR count). The molecule has 1 aliphatic rings. The minimum Gasteiger partial charge on any atom is -0.468 e. The number of carbonyl (C=O) groups is 1. The van der Waals surface area contributed by atoms with Crippen LogP contribution in [0.2, 0.25) is 0 Å². The number of ether oxygens (including phenoxy) is 1. The highest BCUT2D eigenvalue weighted by Crippen LogP contribution is 2.15. The summed E-state index contributed by atoms with van der Waals surface area (Å²) < 4.78 is 4.82. The smallest absolute Gasteiger partial charge is 0.322 e. The SMILES string of the molecule is CCNC(CCN(C)CC1CCN(C)C1)C(=O)OC. The fraction of sp³-hybridized carbons (Fsp3) is 0.929. The molecule has 1 N–H and O–H groups in total. The zero-order valence-electron chi connectivity index (χ0n) is 12.8.